The van der Waals surface area contributed by atoms with Crippen LogP contribution >= 0.6 is 0 Å². The largest absolute Gasteiger partial charge is 0.494 e. The average Bonchev–Trinajstić information content (AvgIpc) is 3.58. The molecule has 1 aromatic carbocycles. The van der Waals surface area contributed by atoms with Crippen LogP contribution in [0.25, 0.3) is 27.5 Å². The van der Waals surface area contributed by atoms with E-state index in [9.17, 15) is 9.59 Å². The number of amides is 1. The number of piperazine rings is 1. The lowest BCUT2D eigenvalue weighted by molar-refractivity contribution is -0.126. The van der Waals surface area contributed by atoms with Gasteiger partial charge < -0.3 is 25.3 Å². The number of fused-ring (bicyclic) bond motifs is 2. The van der Waals surface area contributed by atoms with Gasteiger partial charge in [0.15, 0.2) is 5.82 Å². The number of H-pyrrole nitrogens is 1. The number of ketones is 1. The fraction of sp³-hybridized carbons (Fsp3) is 0.231. The zero-order chi connectivity index (χ0) is 26.4. The standard InChI is InChI=1S/C26H25N9O3/c1-15-30-14-35(32-15)25-22-21(19(38-2)13-29-25)18(12-28-22)23(36)26(37)34-9-7-33(8-10-34)24-17-6-4-3-5-16(17)11-20(27)31-24/h3-6,11-14,28H,7-10H2,1-2H3,(H2,27,31). The second kappa shape index (κ2) is 9.14. The van der Waals surface area contributed by atoms with Crippen LogP contribution in [-0.2, 0) is 4.79 Å². The molecule has 1 amide bonds. The number of nitrogens with zero attached hydrogens (tertiary/aromatic N) is 7. The van der Waals surface area contributed by atoms with Crippen LogP contribution in [0, 0.1) is 6.92 Å². The van der Waals surface area contributed by atoms with Gasteiger partial charge in [-0.25, -0.2) is 19.6 Å². The molecule has 0 spiro atoms. The molecule has 12 nitrogen and oxygen atoms in total. The Kier molecular flexibility index (Phi) is 5.63. The monoisotopic (exact) mass is 511 g/mol. The van der Waals surface area contributed by atoms with E-state index in [-0.39, 0.29) is 5.56 Å². The maximum atomic E-state index is 13.4. The Balaban J connectivity index is 1.25. The molecule has 1 saturated heterocycles. The molecule has 0 aliphatic carbocycles. The molecule has 38 heavy (non-hydrogen) atoms. The molecule has 0 bridgehead atoms. The van der Waals surface area contributed by atoms with E-state index < -0.39 is 11.7 Å². The molecule has 0 radical (unpaired) electrons. The third kappa shape index (κ3) is 3.86. The van der Waals surface area contributed by atoms with E-state index in [0.29, 0.717) is 60.3 Å². The summed E-state index contributed by atoms with van der Waals surface area (Å²) in [5, 5.41) is 6.78. The first-order valence-corrected chi connectivity index (χ1v) is 12.1. The van der Waals surface area contributed by atoms with Crippen molar-refractivity contribution in [2.75, 3.05) is 43.9 Å². The maximum Gasteiger partial charge on any atom is 0.295 e. The molecule has 5 heterocycles. The number of aryl methyl sites for hydroxylation is 1. The number of anilines is 2. The second-order valence-corrected chi connectivity index (χ2v) is 9.04. The summed E-state index contributed by atoms with van der Waals surface area (Å²) in [5.41, 5.74) is 6.78. The van der Waals surface area contributed by atoms with Gasteiger partial charge in [-0.15, -0.1) is 0 Å². The number of methoxy groups -OCH3 is 1. The number of rotatable bonds is 5. The van der Waals surface area contributed by atoms with Crippen LogP contribution in [0.4, 0.5) is 11.6 Å². The molecule has 192 valence electrons. The lowest BCUT2D eigenvalue weighted by Crippen LogP contribution is -2.51. The molecule has 4 aromatic heterocycles. The fourth-order valence-corrected chi connectivity index (χ4v) is 4.88. The first-order valence-electron chi connectivity index (χ1n) is 12.1. The van der Waals surface area contributed by atoms with E-state index in [1.165, 1.54) is 30.5 Å². The SMILES string of the molecule is COc1cnc(-n2cnc(C)n2)c2[nH]cc(C(=O)C(=O)N3CCN(c4nc(N)cc5ccccc45)CC3)c12. The number of aromatic amines is 1. The summed E-state index contributed by atoms with van der Waals surface area (Å²) in [5.74, 6) is 1.43. The Labute approximate surface area is 217 Å². The molecule has 0 saturated carbocycles. The van der Waals surface area contributed by atoms with Gasteiger partial charge in [-0.1, -0.05) is 24.3 Å². The van der Waals surface area contributed by atoms with Crippen LogP contribution in [0.2, 0.25) is 0 Å². The number of ether oxygens (including phenoxy) is 1. The van der Waals surface area contributed by atoms with Crippen molar-refractivity contribution in [1.29, 1.82) is 0 Å². The van der Waals surface area contributed by atoms with Crippen molar-refractivity contribution in [3.05, 3.63) is 60.4 Å². The quantitative estimate of drug-likeness (QED) is 0.267. The van der Waals surface area contributed by atoms with Crippen LogP contribution in [0.1, 0.15) is 16.2 Å². The van der Waals surface area contributed by atoms with Gasteiger partial charge in [0.2, 0.25) is 0 Å². The lowest BCUT2D eigenvalue weighted by Gasteiger charge is -2.35. The number of pyridine rings is 2. The number of nitrogen functional groups attached to an aromatic ring is 1. The van der Waals surface area contributed by atoms with E-state index in [1.54, 1.807) is 11.8 Å². The van der Waals surface area contributed by atoms with Crippen LogP contribution < -0.4 is 15.4 Å². The third-order valence-corrected chi connectivity index (χ3v) is 6.74. The van der Waals surface area contributed by atoms with E-state index in [2.05, 4.69) is 29.9 Å². The minimum absolute atomic E-state index is 0.216. The summed E-state index contributed by atoms with van der Waals surface area (Å²) in [4.78, 5) is 46.6. The topological polar surface area (TPSA) is 148 Å². The molecule has 0 unspecified atom stereocenters. The number of benzene rings is 1. The molecule has 0 atom stereocenters. The molecule has 3 N–H and O–H groups in total. The number of carbonyl (C=O) groups is 2. The predicted molar refractivity (Wildman–Crippen MR) is 142 cm³/mol. The summed E-state index contributed by atoms with van der Waals surface area (Å²) in [6.45, 7) is 3.57. The highest BCUT2D eigenvalue weighted by Gasteiger charge is 2.31. The minimum atomic E-state index is -0.623. The Morgan fingerprint density at radius 1 is 1.08 bits per heavy atom. The number of hydrogen-bond acceptors (Lipinski definition) is 9. The zero-order valence-electron chi connectivity index (χ0n) is 20.9. The van der Waals surface area contributed by atoms with Crippen LogP contribution in [0.3, 0.4) is 0 Å². The number of Topliss-reactive ketones (excluding diaryl/α,β-unsaturated/α-hetero) is 1. The van der Waals surface area contributed by atoms with E-state index in [1.807, 2.05) is 30.3 Å². The number of carbonyl (C=O) groups excluding carboxylic acids is 2. The predicted octanol–water partition coefficient (Wildman–Crippen LogP) is 2.12. The van der Waals surface area contributed by atoms with Crippen molar-refractivity contribution in [2.45, 2.75) is 6.92 Å². The molecule has 1 aliphatic rings. The number of nitrogens with two attached hydrogens (primary N) is 1. The highest BCUT2D eigenvalue weighted by molar-refractivity contribution is 6.45. The molecule has 5 aromatic rings. The van der Waals surface area contributed by atoms with Gasteiger partial charge in [0, 0.05) is 37.8 Å². The first kappa shape index (κ1) is 23.4. The smallest absolute Gasteiger partial charge is 0.295 e. The normalized spacial score (nSPS) is 13.8. The van der Waals surface area contributed by atoms with E-state index in [0.717, 1.165) is 16.6 Å². The van der Waals surface area contributed by atoms with Crippen LogP contribution in [0.5, 0.6) is 5.75 Å². The van der Waals surface area contributed by atoms with Crippen molar-refractivity contribution in [1.82, 2.24) is 34.6 Å². The van der Waals surface area contributed by atoms with Gasteiger partial charge in [-0.3, -0.25) is 9.59 Å². The number of aromatic nitrogens is 6. The molecular formula is C26H25N9O3. The highest BCUT2D eigenvalue weighted by Crippen LogP contribution is 2.32. The molecule has 12 heteroatoms. The maximum absolute atomic E-state index is 13.4. The fourth-order valence-electron chi connectivity index (χ4n) is 4.88. The van der Waals surface area contributed by atoms with Crippen molar-refractivity contribution < 1.29 is 14.3 Å². The van der Waals surface area contributed by atoms with Crippen molar-refractivity contribution >= 4 is 45.0 Å². The molecule has 1 fully saturated rings. The minimum Gasteiger partial charge on any atom is -0.494 e. The van der Waals surface area contributed by atoms with E-state index >= 15 is 0 Å². The van der Waals surface area contributed by atoms with Gasteiger partial charge >= 0.3 is 0 Å². The van der Waals surface area contributed by atoms with Gasteiger partial charge in [0.25, 0.3) is 11.7 Å². The lowest BCUT2D eigenvalue weighted by atomic mass is 10.1. The summed E-state index contributed by atoms with van der Waals surface area (Å²) in [6.07, 6.45) is 4.56. The summed E-state index contributed by atoms with van der Waals surface area (Å²) < 4.78 is 6.99. The Morgan fingerprint density at radius 3 is 2.61 bits per heavy atom. The highest BCUT2D eigenvalue weighted by atomic mass is 16.5. The van der Waals surface area contributed by atoms with Crippen molar-refractivity contribution in [3.63, 3.8) is 0 Å². The van der Waals surface area contributed by atoms with Crippen LogP contribution in [0.15, 0.2) is 49.1 Å². The van der Waals surface area contributed by atoms with Gasteiger partial charge in [-0.2, -0.15) is 5.10 Å². The van der Waals surface area contributed by atoms with E-state index in [4.69, 9.17) is 10.5 Å². The first-order chi connectivity index (χ1) is 18.4. The Hall–Kier alpha value is -5.00. The summed E-state index contributed by atoms with van der Waals surface area (Å²) in [6, 6.07) is 9.77. The van der Waals surface area contributed by atoms with Gasteiger partial charge in [-0.05, 0) is 18.4 Å². The van der Waals surface area contributed by atoms with Gasteiger partial charge in [0.05, 0.1) is 29.8 Å². The summed E-state index contributed by atoms with van der Waals surface area (Å²) in [7, 11) is 1.49. The molecule has 1 aliphatic heterocycles. The van der Waals surface area contributed by atoms with Crippen LogP contribution in [-0.4, -0.2) is 79.6 Å². The van der Waals surface area contributed by atoms with Crippen molar-refractivity contribution in [2.24, 2.45) is 0 Å². The third-order valence-electron chi connectivity index (χ3n) is 6.74. The Bertz CT molecular complexity index is 1700. The molecular weight excluding hydrogens is 486 g/mol. The van der Waals surface area contributed by atoms with Gasteiger partial charge in [0.1, 0.15) is 29.5 Å². The Morgan fingerprint density at radius 2 is 1.87 bits per heavy atom. The molecule has 6 rings (SSSR count). The zero-order valence-corrected chi connectivity index (χ0v) is 20.9. The number of hydrogen-bond donors (Lipinski definition) is 2. The summed E-state index contributed by atoms with van der Waals surface area (Å²) >= 11 is 0. The number of nitrogens with one attached hydrogen (secondary N) is 1. The average molecular weight is 512 g/mol. The second-order valence-electron chi connectivity index (χ2n) is 9.04. The van der Waals surface area contributed by atoms with Crippen molar-refractivity contribution in [3.8, 4) is 11.6 Å².